The lowest BCUT2D eigenvalue weighted by molar-refractivity contribution is -0.120. The second-order valence-corrected chi connectivity index (χ2v) is 10.6. The highest BCUT2D eigenvalue weighted by molar-refractivity contribution is 7.13. The Kier molecular flexibility index (Phi) is 6.14. The molecule has 3 atom stereocenters. The maximum Gasteiger partial charge on any atom is 0.297 e. The van der Waals surface area contributed by atoms with Crippen LogP contribution in [0.2, 0.25) is 0 Å². The van der Waals surface area contributed by atoms with Crippen LogP contribution >= 0.6 is 11.3 Å². The third-order valence-electron chi connectivity index (χ3n) is 7.19. The van der Waals surface area contributed by atoms with Crippen molar-refractivity contribution in [2.45, 2.75) is 77.0 Å². The number of carbonyl (C=O) groups excluding carboxylic acids is 1. The number of para-hydroxylation sites is 1. The van der Waals surface area contributed by atoms with E-state index < -0.39 is 0 Å². The number of hydrogen-bond donors (Lipinski definition) is 2. The fraction of sp³-hybridized carbons (Fsp3) is 0.560. The Bertz CT molecular complexity index is 1150. The molecule has 7 nitrogen and oxygen atoms in total. The zero-order valence-corrected chi connectivity index (χ0v) is 20.4. The number of carbonyl (C=O) groups is 1. The quantitative estimate of drug-likeness (QED) is 0.551. The zero-order chi connectivity index (χ0) is 23.1. The summed E-state index contributed by atoms with van der Waals surface area (Å²) < 4.78 is 8.54. The SMILES string of the molecule is CC(C)n1c(O[C@H]2CN[C@H](C(N)=O)[C@@H]2C)nc2c(-c3nc(C4CCCCC4)cs3)cccc21. The van der Waals surface area contributed by atoms with Gasteiger partial charge in [0.1, 0.15) is 16.6 Å². The van der Waals surface area contributed by atoms with Crippen LogP contribution in [0.25, 0.3) is 21.6 Å². The van der Waals surface area contributed by atoms with E-state index >= 15 is 0 Å². The zero-order valence-electron chi connectivity index (χ0n) is 19.6. The molecule has 2 aromatic heterocycles. The number of nitrogens with two attached hydrogens (primary N) is 1. The normalized spacial score (nSPS) is 24.1. The van der Waals surface area contributed by atoms with Gasteiger partial charge in [-0.3, -0.25) is 9.36 Å². The Morgan fingerprint density at radius 2 is 2.03 bits per heavy atom. The van der Waals surface area contributed by atoms with E-state index in [0.717, 1.165) is 21.6 Å². The largest absolute Gasteiger partial charge is 0.460 e. The van der Waals surface area contributed by atoms with Gasteiger partial charge in [0.15, 0.2) is 0 Å². The van der Waals surface area contributed by atoms with Gasteiger partial charge in [-0.05, 0) is 38.8 Å². The average Bonchev–Trinajstić information content (AvgIpc) is 3.51. The molecule has 1 aromatic carbocycles. The summed E-state index contributed by atoms with van der Waals surface area (Å²) in [6.45, 7) is 6.83. The van der Waals surface area contributed by atoms with Crippen LogP contribution in [0.3, 0.4) is 0 Å². The first kappa shape index (κ1) is 22.3. The summed E-state index contributed by atoms with van der Waals surface area (Å²) in [5.41, 5.74) is 9.77. The van der Waals surface area contributed by atoms with Gasteiger partial charge in [0, 0.05) is 35.4 Å². The lowest BCUT2D eigenvalue weighted by atomic mass is 9.87. The molecule has 1 aliphatic carbocycles. The highest BCUT2D eigenvalue weighted by Crippen LogP contribution is 2.38. The lowest BCUT2D eigenvalue weighted by Gasteiger charge is -2.20. The lowest BCUT2D eigenvalue weighted by Crippen LogP contribution is -2.40. The summed E-state index contributed by atoms with van der Waals surface area (Å²) in [7, 11) is 0. The number of amides is 1. The van der Waals surface area contributed by atoms with Crippen LogP contribution in [0.4, 0.5) is 0 Å². The van der Waals surface area contributed by atoms with Gasteiger partial charge in [-0.2, -0.15) is 4.98 Å². The molecule has 176 valence electrons. The van der Waals surface area contributed by atoms with Gasteiger partial charge in [0.25, 0.3) is 6.01 Å². The summed E-state index contributed by atoms with van der Waals surface area (Å²) in [5, 5.41) is 6.44. The molecular weight excluding hydrogens is 434 g/mol. The molecule has 1 amide bonds. The Morgan fingerprint density at radius 3 is 2.73 bits per heavy atom. The van der Waals surface area contributed by atoms with Crippen LogP contribution in [0.15, 0.2) is 23.6 Å². The van der Waals surface area contributed by atoms with Gasteiger partial charge in [-0.25, -0.2) is 4.98 Å². The van der Waals surface area contributed by atoms with E-state index in [9.17, 15) is 4.79 Å². The highest BCUT2D eigenvalue weighted by Gasteiger charge is 2.38. The van der Waals surface area contributed by atoms with E-state index in [1.165, 1.54) is 37.8 Å². The summed E-state index contributed by atoms with van der Waals surface area (Å²) in [6, 6.07) is 6.65. The van der Waals surface area contributed by atoms with Crippen LogP contribution in [-0.4, -0.2) is 39.1 Å². The van der Waals surface area contributed by atoms with Crippen molar-refractivity contribution in [3.63, 3.8) is 0 Å². The second-order valence-electron chi connectivity index (χ2n) is 9.75. The standard InChI is InChI=1S/C25H33N5O2S/c1-14(2)30-19-11-7-10-17(24-28-18(13-33-24)16-8-5-4-6-9-16)22(19)29-25(30)32-20-12-27-21(15(20)3)23(26)31/h7,10-11,13-16,20-21,27H,4-6,8-9,12H2,1-3H3,(H2,26,31)/t15-,20+,21+/m1/s1. The number of hydrogen-bond acceptors (Lipinski definition) is 6. The van der Waals surface area contributed by atoms with E-state index in [1.54, 1.807) is 11.3 Å². The van der Waals surface area contributed by atoms with E-state index in [2.05, 4.69) is 47.3 Å². The Labute approximate surface area is 198 Å². The van der Waals surface area contributed by atoms with E-state index in [4.69, 9.17) is 20.4 Å². The van der Waals surface area contributed by atoms with Crippen LogP contribution in [0.5, 0.6) is 6.01 Å². The maximum atomic E-state index is 11.7. The first-order chi connectivity index (χ1) is 15.9. The van der Waals surface area contributed by atoms with Gasteiger partial charge in [0.05, 0.1) is 17.3 Å². The van der Waals surface area contributed by atoms with Crippen molar-refractivity contribution in [3.05, 3.63) is 29.3 Å². The summed E-state index contributed by atoms with van der Waals surface area (Å²) >= 11 is 1.71. The van der Waals surface area contributed by atoms with Gasteiger partial charge >= 0.3 is 0 Å². The minimum absolute atomic E-state index is 0.0283. The number of thiazole rings is 1. The molecule has 8 heteroatoms. The van der Waals surface area contributed by atoms with Crippen molar-refractivity contribution in [1.82, 2.24) is 19.9 Å². The predicted molar refractivity (Wildman–Crippen MR) is 132 cm³/mol. The molecule has 33 heavy (non-hydrogen) atoms. The molecular formula is C25H33N5O2S. The minimum Gasteiger partial charge on any atom is -0.460 e. The van der Waals surface area contributed by atoms with Crippen LogP contribution < -0.4 is 15.8 Å². The molecule has 3 N–H and O–H groups in total. The molecule has 5 rings (SSSR count). The van der Waals surface area contributed by atoms with E-state index in [0.29, 0.717) is 18.5 Å². The van der Waals surface area contributed by atoms with Crippen LogP contribution in [0.1, 0.15) is 70.5 Å². The summed E-state index contributed by atoms with van der Waals surface area (Å²) in [4.78, 5) is 21.7. The Hall–Kier alpha value is -2.45. The number of rotatable bonds is 6. The second kappa shape index (κ2) is 9.06. The van der Waals surface area contributed by atoms with Crippen molar-refractivity contribution >= 4 is 28.3 Å². The number of imidazole rings is 1. The molecule has 0 bridgehead atoms. The fourth-order valence-electron chi connectivity index (χ4n) is 5.32. The fourth-order valence-corrected chi connectivity index (χ4v) is 6.25. The number of primary amides is 1. The van der Waals surface area contributed by atoms with Crippen molar-refractivity contribution in [3.8, 4) is 16.6 Å². The average molecular weight is 468 g/mol. The van der Waals surface area contributed by atoms with Crippen molar-refractivity contribution in [2.75, 3.05) is 6.54 Å². The maximum absolute atomic E-state index is 11.7. The van der Waals surface area contributed by atoms with Gasteiger partial charge in [0.2, 0.25) is 5.91 Å². The number of nitrogens with zero attached hydrogens (tertiary/aromatic N) is 3. The Morgan fingerprint density at radius 1 is 1.24 bits per heavy atom. The molecule has 2 fully saturated rings. The highest BCUT2D eigenvalue weighted by atomic mass is 32.1. The number of aromatic nitrogens is 3. The molecule has 0 spiro atoms. The first-order valence-electron chi connectivity index (χ1n) is 12.1. The summed E-state index contributed by atoms with van der Waals surface area (Å²) in [6.07, 6.45) is 6.27. The topological polar surface area (TPSA) is 95.1 Å². The molecule has 2 aliphatic rings. The monoisotopic (exact) mass is 467 g/mol. The predicted octanol–water partition coefficient (Wildman–Crippen LogP) is 4.63. The molecule has 1 aliphatic heterocycles. The molecule has 3 heterocycles. The minimum atomic E-state index is -0.379. The molecule has 0 unspecified atom stereocenters. The number of fused-ring (bicyclic) bond motifs is 1. The van der Waals surface area contributed by atoms with Crippen LogP contribution in [0, 0.1) is 5.92 Å². The number of ether oxygens (including phenoxy) is 1. The van der Waals surface area contributed by atoms with Crippen molar-refractivity contribution in [2.24, 2.45) is 11.7 Å². The molecule has 3 aromatic rings. The molecule has 0 radical (unpaired) electrons. The van der Waals surface area contributed by atoms with E-state index in [-0.39, 0.29) is 30.0 Å². The summed E-state index contributed by atoms with van der Waals surface area (Å²) in [5.74, 6) is 0.217. The first-order valence-corrected chi connectivity index (χ1v) is 13.0. The molecule has 1 saturated heterocycles. The van der Waals surface area contributed by atoms with E-state index in [1.807, 2.05) is 6.92 Å². The third-order valence-corrected chi connectivity index (χ3v) is 8.09. The third kappa shape index (κ3) is 4.15. The van der Waals surface area contributed by atoms with Crippen molar-refractivity contribution < 1.29 is 9.53 Å². The molecule has 1 saturated carbocycles. The van der Waals surface area contributed by atoms with Gasteiger partial charge in [-0.15, -0.1) is 11.3 Å². The van der Waals surface area contributed by atoms with Gasteiger partial charge in [-0.1, -0.05) is 32.3 Å². The smallest absolute Gasteiger partial charge is 0.297 e. The number of nitrogens with one attached hydrogen (secondary N) is 1. The van der Waals surface area contributed by atoms with Crippen LogP contribution in [-0.2, 0) is 4.79 Å². The van der Waals surface area contributed by atoms with Gasteiger partial charge < -0.3 is 15.8 Å². The van der Waals surface area contributed by atoms with Crippen molar-refractivity contribution in [1.29, 1.82) is 0 Å². The number of benzene rings is 1. The Balaban J connectivity index is 1.50.